The van der Waals surface area contributed by atoms with Crippen LogP contribution in [0.1, 0.15) is 27.0 Å². The number of carbonyl (C=O) groups is 1. The van der Waals surface area contributed by atoms with Crippen molar-refractivity contribution in [1.82, 2.24) is 9.97 Å². The molecule has 2 aliphatic rings. The first-order valence-electron chi connectivity index (χ1n) is 16.1. The lowest BCUT2D eigenvalue weighted by Gasteiger charge is -2.21. The summed E-state index contributed by atoms with van der Waals surface area (Å²) in [7, 11) is 0. The number of carboxylic acids is 1. The van der Waals surface area contributed by atoms with E-state index in [1.165, 1.54) is 6.07 Å². The summed E-state index contributed by atoms with van der Waals surface area (Å²) in [6.07, 6.45) is 3.44. The third-order valence-electron chi connectivity index (χ3n) is 9.05. The van der Waals surface area contributed by atoms with Crippen molar-refractivity contribution < 1.29 is 19.4 Å². The Hall–Kier alpha value is -6.74. The number of nitrogens with one attached hydrogen (secondary N) is 2. The monoisotopic (exact) mass is 658 g/mol. The lowest BCUT2D eigenvalue weighted by Crippen LogP contribution is -2.15. The topological polar surface area (TPSA) is 138 Å². The van der Waals surface area contributed by atoms with Crippen LogP contribution in [0.25, 0.3) is 55.2 Å². The van der Waals surface area contributed by atoms with Crippen LogP contribution >= 0.6 is 0 Å². The molecule has 2 aromatic heterocycles. The Balaban J connectivity index is 1.35. The molecule has 8 rings (SSSR count). The van der Waals surface area contributed by atoms with Gasteiger partial charge in [-0.1, -0.05) is 54.1 Å². The Bertz CT molecular complexity index is 2640. The first-order chi connectivity index (χ1) is 24.4. The van der Waals surface area contributed by atoms with Gasteiger partial charge in [-0.2, -0.15) is 0 Å². The molecule has 0 saturated carbocycles. The number of nitrogens with zero attached hydrogens (tertiary/aromatic N) is 2. The number of benzene rings is 5. The first-order valence-corrected chi connectivity index (χ1v) is 16.1. The van der Waals surface area contributed by atoms with E-state index >= 15 is 0 Å². The van der Waals surface area contributed by atoms with Crippen molar-refractivity contribution in [3.05, 3.63) is 148 Å². The highest BCUT2D eigenvalue weighted by molar-refractivity contribution is 6.08. The zero-order valence-corrected chi connectivity index (χ0v) is 26.9. The molecule has 4 N–H and O–H groups in total. The third kappa shape index (κ3) is 5.31. The smallest absolute Gasteiger partial charge is 0.336 e. The molecule has 9 nitrogen and oxygen atoms in total. The molecule has 0 bridgehead atoms. The number of aromatic nitrogens is 2. The number of hydrogen-bond acceptors (Lipinski definition) is 8. The van der Waals surface area contributed by atoms with E-state index in [1.54, 1.807) is 42.7 Å². The number of phenols is 1. The van der Waals surface area contributed by atoms with E-state index in [0.717, 1.165) is 38.7 Å². The van der Waals surface area contributed by atoms with Gasteiger partial charge in [0.25, 0.3) is 0 Å². The van der Waals surface area contributed by atoms with Crippen molar-refractivity contribution in [2.24, 2.45) is 0 Å². The Morgan fingerprint density at radius 3 is 2.04 bits per heavy atom. The van der Waals surface area contributed by atoms with E-state index in [1.807, 2.05) is 73.7 Å². The number of fused-ring (bicyclic) bond motifs is 4. The van der Waals surface area contributed by atoms with E-state index in [9.17, 15) is 19.8 Å². The zero-order valence-electron chi connectivity index (χ0n) is 26.9. The number of para-hydroxylation sites is 2. The predicted octanol–water partition coefficient (Wildman–Crippen LogP) is 8.60. The molecule has 1 aliphatic heterocycles. The summed E-state index contributed by atoms with van der Waals surface area (Å²) >= 11 is 0. The number of anilines is 2. The molecule has 0 radical (unpaired) electrons. The van der Waals surface area contributed by atoms with Gasteiger partial charge in [-0.25, -0.2) is 4.79 Å². The number of aromatic carboxylic acids is 1. The van der Waals surface area contributed by atoms with Crippen LogP contribution in [0.15, 0.2) is 125 Å². The van der Waals surface area contributed by atoms with Gasteiger partial charge >= 0.3 is 5.97 Å². The van der Waals surface area contributed by atoms with Crippen molar-refractivity contribution in [2.45, 2.75) is 20.0 Å². The van der Waals surface area contributed by atoms with Gasteiger partial charge < -0.3 is 25.3 Å². The quantitative estimate of drug-likeness (QED) is 0.118. The Kier molecular flexibility index (Phi) is 7.57. The van der Waals surface area contributed by atoms with Gasteiger partial charge in [0.15, 0.2) is 5.43 Å². The van der Waals surface area contributed by atoms with Crippen LogP contribution in [-0.2, 0) is 13.1 Å². The van der Waals surface area contributed by atoms with Gasteiger partial charge in [0.05, 0.1) is 39.1 Å². The number of pyridine rings is 2. The summed E-state index contributed by atoms with van der Waals surface area (Å²) in [5, 5.41) is 30.9. The molecule has 244 valence electrons. The van der Waals surface area contributed by atoms with Crippen LogP contribution in [-0.4, -0.2) is 26.2 Å². The molecule has 0 fully saturated rings. The molecule has 0 amide bonds. The first kappa shape index (κ1) is 30.6. The van der Waals surface area contributed by atoms with E-state index in [0.29, 0.717) is 38.8 Å². The fourth-order valence-corrected chi connectivity index (χ4v) is 6.64. The molecule has 0 atom stereocenters. The summed E-state index contributed by atoms with van der Waals surface area (Å²) in [5.41, 5.74) is 6.51. The van der Waals surface area contributed by atoms with Gasteiger partial charge in [-0.15, -0.1) is 0 Å². The minimum Gasteiger partial charge on any atom is -0.507 e. The number of rotatable bonds is 8. The van der Waals surface area contributed by atoms with Gasteiger partial charge in [-0.05, 0) is 67.1 Å². The van der Waals surface area contributed by atoms with Crippen molar-refractivity contribution in [2.75, 3.05) is 10.6 Å². The van der Waals surface area contributed by atoms with E-state index in [4.69, 9.17) is 4.42 Å². The van der Waals surface area contributed by atoms with Crippen LogP contribution in [0.5, 0.6) is 5.75 Å². The Morgan fingerprint density at radius 1 is 0.740 bits per heavy atom. The largest absolute Gasteiger partial charge is 0.507 e. The standard InChI is InChI=1S/C41H30N4O5/c1-23-12-13-26(41(48)49)29(20-23)36-27-14-16-34(46)30(21-44-32-10-2-6-24-8-4-18-42-37(24)32)39(27)50-40-28(36)15-17-35(47)31(40)22-45-33-11-3-7-25-9-5-19-43-38(25)33/h2-20,44-46H,21-22H2,1H3,(H,48,49). The highest BCUT2D eigenvalue weighted by atomic mass is 16.4. The summed E-state index contributed by atoms with van der Waals surface area (Å²) in [6, 6.07) is 30.9. The SMILES string of the molecule is Cc1ccc(C(=O)O)c(-c2c3ccc(=O)c(CNc4cccc5cccnc45)c-3oc3c(CNc4cccc5cccnc45)c(O)ccc23)c1. The number of hydrogen-bond donors (Lipinski definition) is 4. The van der Waals surface area contributed by atoms with Crippen LogP contribution in [0, 0.1) is 6.92 Å². The number of aryl methyl sites for hydroxylation is 1. The van der Waals surface area contributed by atoms with Crippen LogP contribution in [0.4, 0.5) is 11.4 Å². The molecule has 6 aromatic rings. The second-order valence-electron chi connectivity index (χ2n) is 12.2. The molecule has 1 aliphatic carbocycles. The molecule has 3 heterocycles. The number of phenolic OH excluding ortho intramolecular Hbond substituents is 1. The van der Waals surface area contributed by atoms with Crippen molar-refractivity contribution in [3.63, 3.8) is 0 Å². The fraction of sp³-hybridized carbons (Fsp3) is 0.0732. The fourth-order valence-electron chi connectivity index (χ4n) is 6.64. The van der Waals surface area contributed by atoms with Crippen molar-refractivity contribution in [3.8, 4) is 28.2 Å². The maximum atomic E-state index is 13.6. The van der Waals surface area contributed by atoms with Crippen LogP contribution in [0.3, 0.4) is 0 Å². The van der Waals surface area contributed by atoms with Gasteiger partial charge in [0.2, 0.25) is 0 Å². The minimum atomic E-state index is -1.09. The molecule has 50 heavy (non-hydrogen) atoms. The van der Waals surface area contributed by atoms with E-state index in [2.05, 4.69) is 20.6 Å². The van der Waals surface area contributed by atoms with E-state index < -0.39 is 5.97 Å². The number of carboxylic acid groups (broad SMARTS) is 1. The summed E-state index contributed by atoms with van der Waals surface area (Å²) < 4.78 is 6.70. The Labute approximate surface area is 285 Å². The second kappa shape index (κ2) is 12.4. The van der Waals surface area contributed by atoms with Crippen LogP contribution in [0.2, 0.25) is 0 Å². The van der Waals surface area contributed by atoms with Crippen molar-refractivity contribution in [1.29, 1.82) is 0 Å². The normalized spacial score (nSPS) is 11.4. The highest BCUT2D eigenvalue weighted by Crippen LogP contribution is 2.45. The molecular weight excluding hydrogens is 628 g/mol. The van der Waals surface area contributed by atoms with Gasteiger partial charge in [0, 0.05) is 52.8 Å². The summed E-state index contributed by atoms with van der Waals surface area (Å²) in [5.74, 6) is -0.816. The Morgan fingerprint density at radius 2 is 1.38 bits per heavy atom. The van der Waals surface area contributed by atoms with Crippen molar-refractivity contribution >= 4 is 50.1 Å². The molecule has 0 spiro atoms. The lowest BCUT2D eigenvalue weighted by atomic mass is 9.87. The molecule has 0 saturated heterocycles. The zero-order chi connectivity index (χ0) is 34.4. The second-order valence-corrected chi connectivity index (χ2v) is 12.2. The minimum absolute atomic E-state index is 0.0188. The average molecular weight is 659 g/mol. The third-order valence-corrected chi connectivity index (χ3v) is 9.05. The maximum Gasteiger partial charge on any atom is 0.336 e. The summed E-state index contributed by atoms with van der Waals surface area (Å²) in [4.78, 5) is 35.3. The average Bonchev–Trinajstić information content (AvgIpc) is 3.13. The lowest BCUT2D eigenvalue weighted by molar-refractivity contribution is 0.0697. The molecule has 0 unspecified atom stereocenters. The summed E-state index contributed by atoms with van der Waals surface area (Å²) in [6.45, 7) is 2.16. The highest BCUT2D eigenvalue weighted by Gasteiger charge is 2.27. The molecular formula is C41H30N4O5. The van der Waals surface area contributed by atoms with Gasteiger partial charge in [-0.3, -0.25) is 14.8 Å². The number of aromatic hydroxyl groups is 1. The van der Waals surface area contributed by atoms with Gasteiger partial charge in [0.1, 0.15) is 17.1 Å². The van der Waals surface area contributed by atoms with E-state index in [-0.39, 0.29) is 35.6 Å². The predicted molar refractivity (Wildman–Crippen MR) is 196 cm³/mol. The maximum absolute atomic E-state index is 13.6. The van der Waals surface area contributed by atoms with Crippen LogP contribution < -0.4 is 16.1 Å². The molecule has 4 aromatic carbocycles. The molecule has 9 heteroatoms.